The molecular weight excluding hydrogens is 316 g/mol. The Kier molecular flexibility index (Phi) is 5.50. The third-order valence-electron chi connectivity index (χ3n) is 2.74. The third-order valence-corrected chi connectivity index (χ3v) is 3.23. The molecule has 102 valence electrons. The Labute approximate surface area is 126 Å². The number of carbonyl (C=O) groups is 1. The number of nitrogens with one attached hydrogen (secondary N) is 1. The van der Waals surface area contributed by atoms with Crippen LogP contribution in [0.15, 0.2) is 64.2 Å². The maximum atomic E-state index is 11.6. The molecule has 0 heterocycles. The summed E-state index contributed by atoms with van der Waals surface area (Å²) in [6.07, 6.45) is 2.78. The molecule has 2 aromatic rings. The molecule has 3 nitrogen and oxygen atoms in total. The topological polar surface area (TPSA) is 41.5 Å². The first-order valence-electron chi connectivity index (χ1n) is 6.35. The summed E-state index contributed by atoms with van der Waals surface area (Å²) in [4.78, 5) is 11.6. The van der Waals surface area contributed by atoms with Crippen molar-refractivity contribution in [1.29, 1.82) is 0 Å². The van der Waals surface area contributed by atoms with Crippen LogP contribution in [0.5, 0.6) is 0 Å². The highest BCUT2D eigenvalue weighted by Gasteiger charge is 2.00. The normalized spacial score (nSPS) is 10.7. The maximum Gasteiger partial charge on any atom is 0.240 e. The van der Waals surface area contributed by atoms with Crippen molar-refractivity contribution in [3.63, 3.8) is 0 Å². The summed E-state index contributed by atoms with van der Waals surface area (Å²) in [6, 6.07) is 17.6. The standard InChI is InChI=1S/C16H15BrN2O/c17-15-8-4-7-14(11-15)12-18-19-16(20)10-9-13-5-2-1-3-6-13/h1-8,11-12H,9-10H2,(H,19,20)/b18-12+. The van der Waals surface area contributed by atoms with Crippen LogP contribution in [0.2, 0.25) is 0 Å². The van der Waals surface area contributed by atoms with Crippen LogP contribution in [0.25, 0.3) is 0 Å². The third kappa shape index (κ3) is 4.97. The van der Waals surface area contributed by atoms with Gasteiger partial charge in [0.05, 0.1) is 6.21 Å². The van der Waals surface area contributed by atoms with E-state index < -0.39 is 0 Å². The van der Waals surface area contributed by atoms with Crippen molar-refractivity contribution < 1.29 is 4.79 Å². The van der Waals surface area contributed by atoms with E-state index in [0.29, 0.717) is 6.42 Å². The van der Waals surface area contributed by atoms with Gasteiger partial charge in [-0.25, -0.2) is 5.43 Å². The summed E-state index contributed by atoms with van der Waals surface area (Å²) in [5, 5.41) is 3.95. The quantitative estimate of drug-likeness (QED) is 0.661. The van der Waals surface area contributed by atoms with Crippen molar-refractivity contribution in [3.05, 3.63) is 70.2 Å². The van der Waals surface area contributed by atoms with E-state index in [9.17, 15) is 4.79 Å². The highest BCUT2D eigenvalue weighted by atomic mass is 79.9. The minimum Gasteiger partial charge on any atom is -0.273 e. The molecule has 0 fully saturated rings. The van der Waals surface area contributed by atoms with Crippen LogP contribution in [0.1, 0.15) is 17.5 Å². The van der Waals surface area contributed by atoms with Gasteiger partial charge in [-0.2, -0.15) is 5.10 Å². The molecule has 0 saturated carbocycles. The molecule has 0 saturated heterocycles. The van der Waals surface area contributed by atoms with E-state index >= 15 is 0 Å². The van der Waals surface area contributed by atoms with Crippen molar-refractivity contribution in [2.45, 2.75) is 12.8 Å². The molecule has 2 rings (SSSR count). The summed E-state index contributed by atoms with van der Waals surface area (Å²) in [5.41, 5.74) is 4.62. The molecule has 0 radical (unpaired) electrons. The molecule has 0 bridgehead atoms. The minimum atomic E-state index is -0.0832. The van der Waals surface area contributed by atoms with Crippen molar-refractivity contribution in [3.8, 4) is 0 Å². The monoisotopic (exact) mass is 330 g/mol. The SMILES string of the molecule is O=C(CCc1ccccc1)N/N=C/c1cccc(Br)c1. The van der Waals surface area contributed by atoms with Gasteiger partial charge in [-0.1, -0.05) is 58.4 Å². The van der Waals surface area contributed by atoms with Gasteiger partial charge in [-0.05, 0) is 29.7 Å². The first kappa shape index (κ1) is 14.5. The van der Waals surface area contributed by atoms with Gasteiger partial charge in [-0.3, -0.25) is 4.79 Å². The summed E-state index contributed by atoms with van der Waals surface area (Å²) < 4.78 is 0.983. The molecule has 0 aliphatic heterocycles. The Bertz CT molecular complexity index is 596. The molecule has 0 spiro atoms. The van der Waals surface area contributed by atoms with E-state index in [2.05, 4.69) is 26.5 Å². The van der Waals surface area contributed by atoms with Crippen LogP contribution in [-0.2, 0) is 11.2 Å². The van der Waals surface area contributed by atoms with Crippen molar-refractivity contribution >= 4 is 28.1 Å². The smallest absolute Gasteiger partial charge is 0.240 e. The van der Waals surface area contributed by atoms with Crippen LogP contribution in [0.4, 0.5) is 0 Å². The van der Waals surface area contributed by atoms with E-state index in [1.807, 2.05) is 54.6 Å². The van der Waals surface area contributed by atoms with Gasteiger partial charge in [0, 0.05) is 10.9 Å². The van der Waals surface area contributed by atoms with Gasteiger partial charge >= 0.3 is 0 Å². The molecule has 1 amide bonds. The number of hydrogen-bond acceptors (Lipinski definition) is 2. The van der Waals surface area contributed by atoms with Crippen LogP contribution in [0.3, 0.4) is 0 Å². The fourth-order valence-corrected chi connectivity index (χ4v) is 2.14. The molecule has 0 aliphatic carbocycles. The van der Waals surface area contributed by atoms with Crippen LogP contribution < -0.4 is 5.43 Å². The van der Waals surface area contributed by atoms with E-state index in [4.69, 9.17) is 0 Å². The molecule has 1 N–H and O–H groups in total. The number of halogens is 1. The zero-order chi connectivity index (χ0) is 14.2. The predicted molar refractivity (Wildman–Crippen MR) is 84.6 cm³/mol. The maximum absolute atomic E-state index is 11.6. The first-order valence-corrected chi connectivity index (χ1v) is 7.15. The molecule has 0 aromatic heterocycles. The summed E-state index contributed by atoms with van der Waals surface area (Å²) in [7, 11) is 0. The van der Waals surface area contributed by atoms with E-state index in [1.54, 1.807) is 6.21 Å². The van der Waals surface area contributed by atoms with E-state index in [-0.39, 0.29) is 5.91 Å². The number of hydrogen-bond donors (Lipinski definition) is 1. The second-order valence-corrected chi connectivity index (χ2v) is 5.25. The van der Waals surface area contributed by atoms with Gasteiger partial charge in [0.25, 0.3) is 0 Å². The van der Waals surface area contributed by atoms with Gasteiger partial charge in [0.15, 0.2) is 0 Å². The van der Waals surface area contributed by atoms with Gasteiger partial charge in [-0.15, -0.1) is 0 Å². The molecule has 0 atom stereocenters. The van der Waals surface area contributed by atoms with Gasteiger partial charge in [0.1, 0.15) is 0 Å². The number of carbonyl (C=O) groups excluding carboxylic acids is 1. The Morgan fingerprint density at radius 2 is 1.95 bits per heavy atom. The zero-order valence-electron chi connectivity index (χ0n) is 10.9. The Morgan fingerprint density at radius 3 is 2.70 bits per heavy atom. The Hall–Kier alpha value is -1.94. The lowest BCUT2D eigenvalue weighted by molar-refractivity contribution is -0.121. The number of amides is 1. The number of benzene rings is 2. The van der Waals surface area contributed by atoms with Gasteiger partial charge < -0.3 is 0 Å². The largest absolute Gasteiger partial charge is 0.273 e. The summed E-state index contributed by atoms with van der Waals surface area (Å²) in [5.74, 6) is -0.0832. The number of nitrogens with zero attached hydrogens (tertiary/aromatic N) is 1. The summed E-state index contributed by atoms with van der Waals surface area (Å²) in [6.45, 7) is 0. The Balaban J connectivity index is 1.78. The molecule has 0 unspecified atom stereocenters. The highest BCUT2D eigenvalue weighted by Crippen LogP contribution is 2.09. The van der Waals surface area contributed by atoms with E-state index in [1.165, 1.54) is 0 Å². The van der Waals surface area contributed by atoms with Crippen LogP contribution >= 0.6 is 15.9 Å². The molecule has 0 aliphatic rings. The second-order valence-electron chi connectivity index (χ2n) is 4.33. The lowest BCUT2D eigenvalue weighted by Crippen LogP contribution is -2.17. The summed E-state index contributed by atoms with van der Waals surface area (Å²) >= 11 is 3.38. The highest BCUT2D eigenvalue weighted by molar-refractivity contribution is 9.10. The second kappa shape index (κ2) is 7.60. The number of rotatable bonds is 5. The van der Waals surface area contributed by atoms with Crippen molar-refractivity contribution in [1.82, 2.24) is 5.43 Å². The number of hydrazone groups is 1. The first-order chi connectivity index (χ1) is 9.74. The van der Waals surface area contributed by atoms with Gasteiger partial charge in [0.2, 0.25) is 5.91 Å². The van der Waals surface area contributed by atoms with E-state index in [0.717, 1.165) is 22.0 Å². The Morgan fingerprint density at radius 1 is 1.15 bits per heavy atom. The predicted octanol–water partition coefficient (Wildman–Crippen LogP) is 3.53. The minimum absolute atomic E-state index is 0.0832. The molecular formula is C16H15BrN2O. The average molecular weight is 331 g/mol. The number of aryl methyl sites for hydroxylation is 1. The molecule has 20 heavy (non-hydrogen) atoms. The molecule has 4 heteroatoms. The van der Waals surface area contributed by atoms with Crippen molar-refractivity contribution in [2.24, 2.45) is 5.10 Å². The molecule has 2 aromatic carbocycles. The fraction of sp³-hybridized carbons (Fsp3) is 0.125. The lowest BCUT2D eigenvalue weighted by Gasteiger charge is -2.00. The lowest BCUT2D eigenvalue weighted by atomic mass is 10.1. The average Bonchev–Trinajstić information content (AvgIpc) is 2.46. The van der Waals surface area contributed by atoms with Crippen LogP contribution in [-0.4, -0.2) is 12.1 Å². The van der Waals surface area contributed by atoms with Crippen LogP contribution in [0, 0.1) is 0 Å². The van der Waals surface area contributed by atoms with Crippen molar-refractivity contribution in [2.75, 3.05) is 0 Å². The zero-order valence-corrected chi connectivity index (χ0v) is 12.5. The fourth-order valence-electron chi connectivity index (χ4n) is 1.72.